The Labute approximate surface area is 182 Å². The molecular weight excluding hydrogens is 434 g/mol. The van der Waals surface area contributed by atoms with Crippen LogP contribution in [0.3, 0.4) is 0 Å². The Kier molecular flexibility index (Phi) is 6.79. The van der Waals surface area contributed by atoms with E-state index in [9.17, 15) is 14.7 Å². The van der Waals surface area contributed by atoms with Crippen LogP contribution >= 0.6 is 35.6 Å². The Hall–Kier alpha value is -2.55. The maximum atomic E-state index is 12.4. The molecule has 150 valence electrons. The Morgan fingerprint density at radius 2 is 2.03 bits per heavy atom. The fourth-order valence-electron chi connectivity index (χ4n) is 2.58. The third-order valence-corrected chi connectivity index (χ3v) is 5.73. The van der Waals surface area contributed by atoms with Gasteiger partial charge in [0.1, 0.15) is 10.9 Å². The molecule has 1 aliphatic heterocycles. The fraction of sp³-hybridized carbons (Fsp3) is 0.150. The number of rotatable bonds is 7. The molecule has 0 spiro atoms. The van der Waals surface area contributed by atoms with Crippen molar-refractivity contribution in [2.45, 2.75) is 6.61 Å². The highest BCUT2D eigenvalue weighted by molar-refractivity contribution is 8.26. The van der Waals surface area contributed by atoms with Gasteiger partial charge in [-0.3, -0.25) is 9.69 Å². The van der Waals surface area contributed by atoms with E-state index in [1.165, 1.54) is 7.11 Å². The zero-order valence-corrected chi connectivity index (χ0v) is 17.6. The summed E-state index contributed by atoms with van der Waals surface area (Å²) < 4.78 is 11.4. The van der Waals surface area contributed by atoms with Gasteiger partial charge in [0.25, 0.3) is 5.91 Å². The first-order valence-corrected chi connectivity index (χ1v) is 9.98. The number of thiocarbonyl (C=S) groups is 1. The van der Waals surface area contributed by atoms with Gasteiger partial charge in [0.2, 0.25) is 0 Å². The first-order valence-electron chi connectivity index (χ1n) is 8.38. The van der Waals surface area contributed by atoms with Crippen molar-refractivity contribution in [2.75, 3.05) is 13.7 Å². The molecule has 0 radical (unpaired) electrons. The van der Waals surface area contributed by atoms with Crippen LogP contribution in [0, 0.1) is 0 Å². The molecule has 0 aromatic heterocycles. The minimum Gasteiger partial charge on any atom is -0.548 e. The normalized spacial score (nSPS) is 15.1. The second-order valence-corrected chi connectivity index (χ2v) is 8.01. The van der Waals surface area contributed by atoms with Gasteiger partial charge in [-0.05, 0) is 29.8 Å². The number of amides is 1. The van der Waals surface area contributed by atoms with Crippen LogP contribution in [0.2, 0.25) is 5.02 Å². The zero-order valence-electron chi connectivity index (χ0n) is 15.2. The van der Waals surface area contributed by atoms with E-state index >= 15 is 0 Å². The maximum Gasteiger partial charge on any atom is 0.266 e. The topological polar surface area (TPSA) is 78.9 Å². The number of ether oxygens (including phenoxy) is 2. The number of carboxylic acids is 1. The molecule has 1 amide bonds. The number of carboxylic acid groups (broad SMARTS) is 1. The molecule has 0 aliphatic carbocycles. The number of carbonyl (C=O) groups is 2. The number of thioether (sulfide) groups is 1. The van der Waals surface area contributed by atoms with Crippen molar-refractivity contribution in [3.8, 4) is 11.5 Å². The second-order valence-electron chi connectivity index (χ2n) is 5.93. The summed E-state index contributed by atoms with van der Waals surface area (Å²) in [6, 6.07) is 12.6. The molecule has 9 heteroatoms. The van der Waals surface area contributed by atoms with Crippen molar-refractivity contribution in [3.05, 3.63) is 63.5 Å². The predicted molar refractivity (Wildman–Crippen MR) is 114 cm³/mol. The largest absolute Gasteiger partial charge is 0.548 e. The van der Waals surface area contributed by atoms with Crippen LogP contribution in [-0.4, -0.2) is 34.8 Å². The third-order valence-electron chi connectivity index (χ3n) is 3.99. The average Bonchev–Trinajstić information content (AvgIpc) is 2.95. The molecule has 0 saturated carbocycles. The van der Waals surface area contributed by atoms with Crippen LogP contribution in [0.4, 0.5) is 0 Å². The van der Waals surface area contributed by atoms with Gasteiger partial charge in [-0.1, -0.05) is 59.8 Å². The van der Waals surface area contributed by atoms with Crippen molar-refractivity contribution in [3.63, 3.8) is 0 Å². The van der Waals surface area contributed by atoms with E-state index in [4.69, 9.17) is 33.3 Å². The van der Waals surface area contributed by atoms with E-state index in [2.05, 4.69) is 0 Å². The molecule has 0 unspecified atom stereocenters. The molecule has 29 heavy (non-hydrogen) atoms. The molecule has 6 nitrogen and oxygen atoms in total. The van der Waals surface area contributed by atoms with Gasteiger partial charge in [-0.2, -0.15) is 0 Å². The highest BCUT2D eigenvalue weighted by atomic mass is 35.5. The number of nitrogens with zero attached hydrogens (tertiary/aromatic N) is 1. The highest BCUT2D eigenvalue weighted by Crippen LogP contribution is 2.35. The monoisotopic (exact) mass is 448 g/mol. The first-order chi connectivity index (χ1) is 13.9. The lowest BCUT2D eigenvalue weighted by Gasteiger charge is -2.14. The number of hydrogen-bond donors (Lipinski definition) is 0. The van der Waals surface area contributed by atoms with E-state index in [0.29, 0.717) is 27.0 Å². The predicted octanol–water partition coefficient (Wildman–Crippen LogP) is 2.88. The van der Waals surface area contributed by atoms with Gasteiger partial charge in [-0.15, -0.1) is 0 Å². The van der Waals surface area contributed by atoms with E-state index in [0.717, 1.165) is 22.2 Å². The number of methoxy groups -OCH3 is 1. The van der Waals surface area contributed by atoms with Gasteiger partial charge < -0.3 is 19.4 Å². The molecule has 2 aromatic rings. The Bertz CT molecular complexity index is 1010. The van der Waals surface area contributed by atoms with Crippen molar-refractivity contribution < 1.29 is 24.2 Å². The van der Waals surface area contributed by atoms with Crippen LogP contribution in [0.5, 0.6) is 11.5 Å². The number of benzene rings is 2. The summed E-state index contributed by atoms with van der Waals surface area (Å²) in [4.78, 5) is 24.5. The lowest BCUT2D eigenvalue weighted by Crippen LogP contribution is -2.40. The summed E-state index contributed by atoms with van der Waals surface area (Å²) in [7, 11) is 1.51. The third kappa shape index (κ3) is 5.09. The smallest absolute Gasteiger partial charge is 0.266 e. The molecule has 1 heterocycles. The van der Waals surface area contributed by atoms with Crippen LogP contribution in [0.25, 0.3) is 6.08 Å². The second kappa shape index (κ2) is 9.30. The van der Waals surface area contributed by atoms with E-state index in [-0.39, 0.29) is 10.9 Å². The Morgan fingerprint density at radius 3 is 2.72 bits per heavy atom. The van der Waals surface area contributed by atoms with Gasteiger partial charge in [0, 0.05) is 10.6 Å². The van der Waals surface area contributed by atoms with Gasteiger partial charge in [-0.25, -0.2) is 0 Å². The molecule has 0 atom stereocenters. The molecule has 1 fully saturated rings. The highest BCUT2D eigenvalue weighted by Gasteiger charge is 2.31. The summed E-state index contributed by atoms with van der Waals surface area (Å²) >= 11 is 12.3. The molecule has 0 bridgehead atoms. The molecule has 1 aliphatic rings. The van der Waals surface area contributed by atoms with E-state index in [1.807, 2.05) is 18.2 Å². The maximum absolute atomic E-state index is 12.4. The molecular formula is C20H15ClNO5S2-. The molecule has 3 rings (SSSR count). The minimum atomic E-state index is -1.37. The number of hydrogen-bond acceptors (Lipinski definition) is 7. The minimum absolute atomic E-state index is 0.178. The number of aliphatic carboxylic acids is 1. The quantitative estimate of drug-likeness (QED) is 0.476. The van der Waals surface area contributed by atoms with Gasteiger partial charge in [0.05, 0.1) is 24.5 Å². The van der Waals surface area contributed by atoms with Crippen LogP contribution in [0.1, 0.15) is 11.1 Å². The Morgan fingerprint density at radius 1 is 1.28 bits per heavy atom. The summed E-state index contributed by atoms with van der Waals surface area (Å²) in [5, 5.41) is 11.4. The van der Waals surface area contributed by atoms with Gasteiger partial charge in [0.15, 0.2) is 11.5 Å². The van der Waals surface area contributed by atoms with Crippen molar-refractivity contribution >= 4 is 57.9 Å². The summed E-state index contributed by atoms with van der Waals surface area (Å²) in [5.74, 6) is -0.837. The molecule has 1 saturated heterocycles. The molecule has 2 aromatic carbocycles. The van der Waals surface area contributed by atoms with Crippen LogP contribution in [0.15, 0.2) is 47.4 Å². The lowest BCUT2D eigenvalue weighted by molar-refractivity contribution is -0.305. The van der Waals surface area contributed by atoms with Crippen LogP contribution < -0.4 is 14.6 Å². The fourth-order valence-corrected chi connectivity index (χ4v) is 4.03. The summed E-state index contributed by atoms with van der Waals surface area (Å²) in [6.45, 7) is -0.294. The summed E-state index contributed by atoms with van der Waals surface area (Å²) in [5.41, 5.74) is 1.53. The van der Waals surface area contributed by atoms with Crippen LogP contribution in [-0.2, 0) is 16.2 Å². The average molecular weight is 449 g/mol. The number of carbonyl (C=O) groups excluding carboxylic acids is 2. The van der Waals surface area contributed by atoms with E-state index < -0.39 is 18.4 Å². The zero-order chi connectivity index (χ0) is 21.0. The van der Waals surface area contributed by atoms with E-state index in [1.54, 1.807) is 30.3 Å². The van der Waals surface area contributed by atoms with Crippen molar-refractivity contribution in [2.24, 2.45) is 0 Å². The Balaban J connectivity index is 1.77. The summed E-state index contributed by atoms with van der Waals surface area (Å²) in [6.07, 6.45) is 1.62. The lowest BCUT2D eigenvalue weighted by atomic mass is 10.1. The molecule has 0 N–H and O–H groups in total. The first kappa shape index (κ1) is 21.2. The SMILES string of the molecule is COc1cc(/C=C2/SC(=S)N(CC(=O)[O-])C2=O)ccc1OCc1ccccc1Cl. The standard InChI is InChI=1S/C20H16ClNO5S2/c1-26-16-8-12(9-17-19(25)22(10-18(23)24)20(28)29-17)6-7-15(16)27-11-13-4-2-3-5-14(13)21/h2-9H,10-11H2,1H3,(H,23,24)/p-1/b17-9+. The van der Waals surface area contributed by atoms with Gasteiger partial charge >= 0.3 is 0 Å². The van der Waals surface area contributed by atoms with Crippen molar-refractivity contribution in [1.29, 1.82) is 0 Å². The van der Waals surface area contributed by atoms with Crippen molar-refractivity contribution in [1.82, 2.24) is 4.90 Å². The number of halogens is 1.